The SMILES string of the molecule is CCOc1cc(NCCNC(=O)N(C)C)cc([N+](=O)[O-])c1. The molecule has 116 valence electrons. The fraction of sp³-hybridized carbons (Fsp3) is 0.462. The molecule has 0 radical (unpaired) electrons. The molecule has 0 heterocycles. The van der Waals surface area contributed by atoms with Crippen molar-refractivity contribution in [1.82, 2.24) is 10.2 Å². The highest BCUT2D eigenvalue weighted by atomic mass is 16.6. The second-order valence-electron chi connectivity index (χ2n) is 4.46. The number of non-ortho nitro benzene ring substituents is 1. The minimum atomic E-state index is -0.471. The molecule has 2 amide bonds. The summed E-state index contributed by atoms with van der Waals surface area (Å²) in [5, 5.41) is 16.6. The summed E-state index contributed by atoms with van der Waals surface area (Å²) in [5.41, 5.74) is 0.535. The molecule has 0 aromatic heterocycles. The van der Waals surface area contributed by atoms with Crippen LogP contribution in [0, 0.1) is 10.1 Å². The third-order valence-electron chi connectivity index (χ3n) is 2.55. The summed E-state index contributed by atoms with van der Waals surface area (Å²) < 4.78 is 5.29. The van der Waals surface area contributed by atoms with Gasteiger partial charge >= 0.3 is 6.03 Å². The average Bonchev–Trinajstić information content (AvgIpc) is 2.43. The van der Waals surface area contributed by atoms with E-state index in [2.05, 4.69) is 10.6 Å². The number of anilines is 1. The number of rotatable bonds is 7. The second-order valence-corrected chi connectivity index (χ2v) is 4.46. The van der Waals surface area contributed by atoms with Crippen LogP contribution in [-0.2, 0) is 0 Å². The lowest BCUT2D eigenvalue weighted by atomic mass is 10.2. The van der Waals surface area contributed by atoms with Gasteiger partial charge in [-0.3, -0.25) is 10.1 Å². The Kier molecular flexibility index (Phi) is 6.25. The number of nitro groups is 1. The quantitative estimate of drug-likeness (QED) is 0.453. The van der Waals surface area contributed by atoms with E-state index in [1.54, 1.807) is 20.2 Å². The molecule has 0 saturated heterocycles. The molecule has 0 atom stereocenters. The highest BCUT2D eigenvalue weighted by molar-refractivity contribution is 5.73. The standard InChI is InChI=1S/C13H20N4O4/c1-4-21-12-8-10(7-11(9-12)17(19)20)14-5-6-15-13(18)16(2)3/h7-9,14H,4-6H2,1-3H3,(H,15,18). The molecule has 1 aromatic carbocycles. The summed E-state index contributed by atoms with van der Waals surface area (Å²) in [6.07, 6.45) is 0. The Morgan fingerprint density at radius 2 is 2.05 bits per heavy atom. The zero-order valence-corrected chi connectivity index (χ0v) is 12.4. The third kappa shape index (κ3) is 5.55. The van der Waals surface area contributed by atoms with Crippen LogP contribution in [0.3, 0.4) is 0 Å². The van der Waals surface area contributed by atoms with E-state index in [4.69, 9.17) is 4.74 Å². The van der Waals surface area contributed by atoms with Crippen LogP contribution in [0.15, 0.2) is 18.2 Å². The van der Waals surface area contributed by atoms with Gasteiger partial charge in [0.25, 0.3) is 5.69 Å². The van der Waals surface area contributed by atoms with Gasteiger partial charge in [-0.05, 0) is 6.92 Å². The first-order valence-corrected chi connectivity index (χ1v) is 6.55. The highest BCUT2D eigenvalue weighted by Crippen LogP contribution is 2.25. The number of hydrogen-bond acceptors (Lipinski definition) is 5. The van der Waals surface area contributed by atoms with Gasteiger partial charge in [-0.25, -0.2) is 4.79 Å². The fourth-order valence-corrected chi connectivity index (χ4v) is 1.58. The van der Waals surface area contributed by atoms with Gasteiger partial charge in [-0.1, -0.05) is 0 Å². The van der Waals surface area contributed by atoms with E-state index in [9.17, 15) is 14.9 Å². The Morgan fingerprint density at radius 1 is 1.33 bits per heavy atom. The minimum Gasteiger partial charge on any atom is -0.494 e. The number of urea groups is 1. The lowest BCUT2D eigenvalue weighted by Gasteiger charge is -2.13. The van der Waals surface area contributed by atoms with Crippen LogP contribution in [0.4, 0.5) is 16.2 Å². The van der Waals surface area contributed by atoms with Crippen molar-refractivity contribution in [3.05, 3.63) is 28.3 Å². The predicted molar refractivity (Wildman–Crippen MR) is 79.8 cm³/mol. The monoisotopic (exact) mass is 296 g/mol. The number of hydrogen-bond donors (Lipinski definition) is 2. The number of nitro benzene ring substituents is 1. The Balaban J connectivity index is 2.61. The van der Waals surface area contributed by atoms with Gasteiger partial charge in [0, 0.05) is 45.0 Å². The van der Waals surface area contributed by atoms with Crippen molar-refractivity contribution < 1.29 is 14.5 Å². The normalized spacial score (nSPS) is 9.86. The van der Waals surface area contributed by atoms with E-state index in [0.717, 1.165) is 0 Å². The summed E-state index contributed by atoms with van der Waals surface area (Å²) in [7, 11) is 3.30. The van der Waals surface area contributed by atoms with Crippen molar-refractivity contribution in [2.75, 3.05) is 39.1 Å². The first-order chi connectivity index (χ1) is 9.93. The second kappa shape index (κ2) is 7.93. The molecule has 0 aliphatic carbocycles. The van der Waals surface area contributed by atoms with Crippen LogP contribution in [-0.4, -0.2) is 49.6 Å². The van der Waals surface area contributed by atoms with E-state index in [1.165, 1.54) is 17.0 Å². The summed E-state index contributed by atoms with van der Waals surface area (Å²) in [5.74, 6) is 0.437. The van der Waals surface area contributed by atoms with Crippen molar-refractivity contribution in [3.63, 3.8) is 0 Å². The molecule has 0 unspecified atom stereocenters. The Morgan fingerprint density at radius 3 is 2.62 bits per heavy atom. The molecular weight excluding hydrogens is 276 g/mol. The van der Waals surface area contributed by atoms with Crippen molar-refractivity contribution >= 4 is 17.4 Å². The maximum absolute atomic E-state index is 11.3. The molecule has 2 N–H and O–H groups in total. The Bertz CT molecular complexity index is 505. The predicted octanol–water partition coefficient (Wildman–Crippen LogP) is 1.68. The first-order valence-electron chi connectivity index (χ1n) is 6.55. The molecule has 1 aromatic rings. The molecular formula is C13H20N4O4. The van der Waals surface area contributed by atoms with Gasteiger partial charge in [0.1, 0.15) is 5.75 Å². The Labute approximate surface area is 123 Å². The number of nitrogens with one attached hydrogen (secondary N) is 2. The van der Waals surface area contributed by atoms with Crippen molar-refractivity contribution in [2.24, 2.45) is 0 Å². The lowest BCUT2D eigenvalue weighted by Crippen LogP contribution is -2.37. The largest absolute Gasteiger partial charge is 0.494 e. The van der Waals surface area contributed by atoms with E-state index < -0.39 is 4.92 Å². The topological polar surface area (TPSA) is 96.7 Å². The number of carbonyl (C=O) groups excluding carboxylic acids is 1. The maximum atomic E-state index is 11.3. The van der Waals surface area contributed by atoms with Gasteiger partial charge in [-0.15, -0.1) is 0 Å². The molecule has 8 nitrogen and oxygen atoms in total. The van der Waals surface area contributed by atoms with Crippen LogP contribution in [0.5, 0.6) is 5.75 Å². The van der Waals surface area contributed by atoms with Crippen molar-refractivity contribution in [2.45, 2.75) is 6.92 Å². The summed E-state index contributed by atoms with van der Waals surface area (Å²) in [6.45, 7) is 3.10. The van der Waals surface area contributed by atoms with Crippen molar-refractivity contribution in [1.29, 1.82) is 0 Å². The molecule has 0 fully saturated rings. The summed E-state index contributed by atoms with van der Waals surface area (Å²) in [6, 6.07) is 4.30. The first kappa shape index (κ1) is 16.5. The number of carbonyl (C=O) groups is 1. The van der Waals surface area contributed by atoms with Crippen LogP contribution in [0.1, 0.15) is 6.92 Å². The molecule has 0 aliphatic heterocycles. The molecule has 8 heteroatoms. The zero-order chi connectivity index (χ0) is 15.8. The van der Waals surface area contributed by atoms with Gasteiger partial charge < -0.3 is 20.3 Å². The van der Waals surface area contributed by atoms with Gasteiger partial charge in [0.05, 0.1) is 17.6 Å². The molecule has 0 saturated carbocycles. The fourth-order valence-electron chi connectivity index (χ4n) is 1.58. The number of amides is 2. The van der Waals surface area contributed by atoms with E-state index in [1.807, 2.05) is 6.92 Å². The van der Waals surface area contributed by atoms with E-state index in [-0.39, 0.29) is 11.7 Å². The molecule has 0 aliphatic rings. The highest BCUT2D eigenvalue weighted by Gasteiger charge is 2.10. The van der Waals surface area contributed by atoms with Gasteiger partial charge in [-0.2, -0.15) is 0 Å². The molecule has 1 rings (SSSR count). The summed E-state index contributed by atoms with van der Waals surface area (Å²) in [4.78, 5) is 23.1. The minimum absolute atomic E-state index is 0.0409. The zero-order valence-electron chi connectivity index (χ0n) is 12.4. The van der Waals surface area contributed by atoms with Crippen molar-refractivity contribution in [3.8, 4) is 5.75 Å². The van der Waals surface area contributed by atoms with Crippen LogP contribution in [0.25, 0.3) is 0 Å². The van der Waals surface area contributed by atoms with Gasteiger partial charge in [0.2, 0.25) is 0 Å². The number of benzene rings is 1. The molecule has 0 bridgehead atoms. The van der Waals surface area contributed by atoms with Crippen LogP contribution in [0.2, 0.25) is 0 Å². The lowest BCUT2D eigenvalue weighted by molar-refractivity contribution is -0.384. The Hall–Kier alpha value is -2.51. The van der Waals surface area contributed by atoms with Crippen LogP contribution >= 0.6 is 0 Å². The molecule has 0 spiro atoms. The maximum Gasteiger partial charge on any atom is 0.316 e. The number of nitrogens with zero attached hydrogens (tertiary/aromatic N) is 2. The van der Waals surface area contributed by atoms with Gasteiger partial charge in [0.15, 0.2) is 0 Å². The smallest absolute Gasteiger partial charge is 0.316 e. The van der Waals surface area contributed by atoms with Crippen LogP contribution < -0.4 is 15.4 Å². The molecule has 21 heavy (non-hydrogen) atoms. The third-order valence-corrected chi connectivity index (χ3v) is 2.55. The van der Waals surface area contributed by atoms with E-state index in [0.29, 0.717) is 31.1 Å². The van der Waals surface area contributed by atoms with E-state index >= 15 is 0 Å². The number of ether oxygens (including phenoxy) is 1. The summed E-state index contributed by atoms with van der Waals surface area (Å²) >= 11 is 0. The average molecular weight is 296 g/mol.